The zero-order chi connectivity index (χ0) is 23.4. The van der Waals surface area contributed by atoms with Crippen molar-refractivity contribution in [2.24, 2.45) is 0 Å². The normalized spacial score (nSPS) is 11.5. The summed E-state index contributed by atoms with van der Waals surface area (Å²) in [6.07, 6.45) is -1.31. The Morgan fingerprint density at radius 3 is 2.36 bits per heavy atom. The van der Waals surface area contributed by atoms with E-state index in [0.29, 0.717) is 22.1 Å². The second-order valence-corrected chi connectivity index (χ2v) is 7.49. The monoisotopic (exact) mass is 440 g/mol. The summed E-state index contributed by atoms with van der Waals surface area (Å²) in [6.45, 7) is 1.72. The van der Waals surface area contributed by atoms with E-state index in [4.69, 9.17) is 4.74 Å². The van der Waals surface area contributed by atoms with Crippen LogP contribution in [0.1, 0.15) is 27.6 Å². The molecule has 0 aliphatic carbocycles. The molecule has 0 aromatic heterocycles. The molecule has 0 saturated carbocycles. The molecule has 7 heteroatoms. The van der Waals surface area contributed by atoms with Gasteiger partial charge in [0, 0.05) is 11.6 Å². The van der Waals surface area contributed by atoms with Crippen molar-refractivity contribution < 1.29 is 19.2 Å². The van der Waals surface area contributed by atoms with Crippen LogP contribution in [0.15, 0.2) is 91.0 Å². The molecule has 4 rings (SSSR count). The fraction of sp³-hybridized carbons (Fsp3) is 0.0769. The Labute approximate surface area is 189 Å². The first-order valence-corrected chi connectivity index (χ1v) is 10.2. The van der Waals surface area contributed by atoms with Crippen LogP contribution < -0.4 is 5.32 Å². The highest BCUT2D eigenvalue weighted by molar-refractivity contribution is 6.06. The lowest BCUT2D eigenvalue weighted by Gasteiger charge is -2.19. The van der Waals surface area contributed by atoms with Crippen LogP contribution >= 0.6 is 0 Å². The highest BCUT2D eigenvalue weighted by atomic mass is 16.6. The summed E-state index contributed by atoms with van der Waals surface area (Å²) in [4.78, 5) is 37.2. The number of aryl methyl sites for hydroxylation is 1. The molecular formula is C26H20N2O5. The number of rotatable bonds is 6. The molecule has 4 aromatic carbocycles. The van der Waals surface area contributed by atoms with Crippen LogP contribution in [0.25, 0.3) is 10.8 Å². The van der Waals surface area contributed by atoms with Crippen LogP contribution in [0.4, 0.5) is 11.4 Å². The summed E-state index contributed by atoms with van der Waals surface area (Å²) in [5, 5.41) is 15.6. The second-order valence-electron chi connectivity index (χ2n) is 7.49. The molecule has 1 amide bonds. The third-order valence-corrected chi connectivity index (χ3v) is 5.18. The largest absolute Gasteiger partial charge is 0.444 e. The molecular weight excluding hydrogens is 420 g/mol. The highest BCUT2D eigenvalue weighted by Gasteiger charge is 2.28. The quantitative estimate of drug-likeness (QED) is 0.239. The molecule has 1 N–H and O–H groups in total. The van der Waals surface area contributed by atoms with E-state index in [0.717, 1.165) is 5.39 Å². The molecule has 0 unspecified atom stereocenters. The standard InChI is InChI=1S/C26H20N2O5/c1-17-14-15-22(23(16-17)28(31)32)27-25(29)24(19-9-3-2-4-10-19)33-26(30)21-13-7-11-18-8-5-6-12-20(18)21/h2-16,24H,1H3,(H,27,29)/t24-/m0/s1. The van der Waals surface area contributed by atoms with Crippen LogP contribution in [0.3, 0.4) is 0 Å². The Balaban J connectivity index is 1.67. The lowest BCUT2D eigenvalue weighted by molar-refractivity contribution is -0.384. The summed E-state index contributed by atoms with van der Waals surface area (Å²) in [5.41, 5.74) is 1.23. The number of esters is 1. The van der Waals surface area contributed by atoms with E-state index in [2.05, 4.69) is 5.32 Å². The van der Waals surface area contributed by atoms with Crippen LogP contribution in [-0.2, 0) is 9.53 Å². The highest BCUT2D eigenvalue weighted by Crippen LogP contribution is 2.29. The third-order valence-electron chi connectivity index (χ3n) is 5.18. The Bertz CT molecular complexity index is 1350. The SMILES string of the molecule is Cc1ccc(NC(=O)[C@@H](OC(=O)c2cccc3ccccc23)c2ccccc2)c([N+](=O)[O-])c1. The smallest absolute Gasteiger partial charge is 0.339 e. The summed E-state index contributed by atoms with van der Waals surface area (Å²) < 4.78 is 5.67. The number of fused-ring (bicyclic) bond motifs is 1. The van der Waals surface area contributed by atoms with Gasteiger partial charge in [0.1, 0.15) is 5.69 Å². The number of benzene rings is 4. The molecule has 1 atom stereocenters. The zero-order valence-corrected chi connectivity index (χ0v) is 17.7. The first-order valence-electron chi connectivity index (χ1n) is 10.2. The topological polar surface area (TPSA) is 98.5 Å². The number of anilines is 1. The van der Waals surface area contributed by atoms with E-state index in [1.54, 1.807) is 61.5 Å². The molecule has 7 nitrogen and oxygen atoms in total. The predicted octanol–water partition coefficient (Wildman–Crippen LogP) is 5.59. The molecule has 33 heavy (non-hydrogen) atoms. The number of hydrogen-bond donors (Lipinski definition) is 1. The number of nitrogens with one attached hydrogen (secondary N) is 1. The van der Waals surface area contributed by atoms with Gasteiger partial charge < -0.3 is 10.1 Å². The van der Waals surface area contributed by atoms with Gasteiger partial charge >= 0.3 is 5.97 Å². The van der Waals surface area contributed by atoms with E-state index in [1.807, 2.05) is 24.3 Å². The van der Waals surface area contributed by atoms with Crippen LogP contribution in [0.5, 0.6) is 0 Å². The number of ether oxygens (including phenoxy) is 1. The average molecular weight is 440 g/mol. The maximum atomic E-state index is 13.2. The van der Waals surface area contributed by atoms with E-state index < -0.39 is 22.9 Å². The van der Waals surface area contributed by atoms with Crippen molar-refractivity contribution in [1.82, 2.24) is 0 Å². The van der Waals surface area contributed by atoms with E-state index in [-0.39, 0.29) is 11.4 Å². The molecule has 0 fully saturated rings. The van der Waals surface area contributed by atoms with Crippen LogP contribution in [-0.4, -0.2) is 16.8 Å². The van der Waals surface area contributed by atoms with Crippen molar-refractivity contribution in [2.45, 2.75) is 13.0 Å². The van der Waals surface area contributed by atoms with Crippen molar-refractivity contribution >= 4 is 34.0 Å². The minimum absolute atomic E-state index is 0.0257. The molecule has 0 saturated heterocycles. The Kier molecular flexibility index (Phi) is 6.13. The first kappa shape index (κ1) is 21.7. The maximum Gasteiger partial charge on any atom is 0.339 e. The fourth-order valence-electron chi connectivity index (χ4n) is 3.57. The maximum absolute atomic E-state index is 13.2. The van der Waals surface area contributed by atoms with Crippen molar-refractivity contribution in [3.63, 3.8) is 0 Å². The number of hydrogen-bond acceptors (Lipinski definition) is 5. The number of amides is 1. The summed E-state index contributed by atoms with van der Waals surface area (Å²) in [6, 6.07) is 25.6. The summed E-state index contributed by atoms with van der Waals surface area (Å²) >= 11 is 0. The van der Waals surface area contributed by atoms with Gasteiger partial charge in [-0.25, -0.2) is 4.79 Å². The Morgan fingerprint density at radius 2 is 1.61 bits per heavy atom. The van der Waals surface area contributed by atoms with Gasteiger partial charge in [-0.3, -0.25) is 14.9 Å². The molecule has 164 valence electrons. The lowest BCUT2D eigenvalue weighted by atomic mass is 10.0. The Morgan fingerprint density at radius 1 is 0.909 bits per heavy atom. The molecule has 0 spiro atoms. The van der Waals surface area contributed by atoms with Gasteiger partial charge in [-0.1, -0.05) is 72.8 Å². The number of nitro benzene ring substituents is 1. The first-order chi connectivity index (χ1) is 15.9. The lowest BCUT2D eigenvalue weighted by Crippen LogP contribution is -2.26. The van der Waals surface area contributed by atoms with E-state index in [1.165, 1.54) is 12.1 Å². The van der Waals surface area contributed by atoms with Crippen molar-refractivity contribution in [2.75, 3.05) is 5.32 Å². The van der Waals surface area contributed by atoms with E-state index >= 15 is 0 Å². The summed E-state index contributed by atoms with van der Waals surface area (Å²) in [7, 11) is 0. The van der Waals surface area contributed by atoms with Gasteiger partial charge in [-0.05, 0) is 35.4 Å². The van der Waals surface area contributed by atoms with Crippen LogP contribution in [0.2, 0.25) is 0 Å². The molecule has 0 radical (unpaired) electrons. The summed E-state index contributed by atoms with van der Waals surface area (Å²) in [5.74, 6) is -1.36. The molecule has 4 aromatic rings. The van der Waals surface area contributed by atoms with Gasteiger partial charge in [0.15, 0.2) is 0 Å². The Hall–Kier alpha value is -4.52. The van der Waals surface area contributed by atoms with E-state index in [9.17, 15) is 19.7 Å². The molecule has 0 bridgehead atoms. The fourth-order valence-corrected chi connectivity index (χ4v) is 3.57. The van der Waals surface area contributed by atoms with Crippen molar-refractivity contribution in [3.8, 4) is 0 Å². The third kappa shape index (κ3) is 4.72. The van der Waals surface area contributed by atoms with Gasteiger partial charge in [-0.15, -0.1) is 0 Å². The molecule has 0 heterocycles. The van der Waals surface area contributed by atoms with Gasteiger partial charge in [0.25, 0.3) is 11.6 Å². The predicted molar refractivity (Wildman–Crippen MR) is 125 cm³/mol. The van der Waals surface area contributed by atoms with Crippen molar-refractivity contribution in [1.29, 1.82) is 0 Å². The van der Waals surface area contributed by atoms with Crippen molar-refractivity contribution in [3.05, 3.63) is 118 Å². The number of carbonyl (C=O) groups excluding carboxylic acids is 2. The second kappa shape index (κ2) is 9.32. The molecule has 0 aliphatic heterocycles. The molecule has 0 aliphatic rings. The number of nitro groups is 1. The zero-order valence-electron chi connectivity index (χ0n) is 17.7. The van der Waals surface area contributed by atoms with Gasteiger partial charge in [0.05, 0.1) is 10.5 Å². The van der Waals surface area contributed by atoms with Gasteiger partial charge in [-0.2, -0.15) is 0 Å². The minimum atomic E-state index is -1.31. The van der Waals surface area contributed by atoms with Gasteiger partial charge in [0.2, 0.25) is 6.10 Å². The number of carbonyl (C=O) groups is 2. The minimum Gasteiger partial charge on any atom is -0.444 e. The van der Waals surface area contributed by atoms with Crippen LogP contribution in [0, 0.1) is 17.0 Å². The average Bonchev–Trinajstić information content (AvgIpc) is 2.83. The number of nitrogens with zero attached hydrogens (tertiary/aromatic N) is 1.